The van der Waals surface area contributed by atoms with E-state index in [4.69, 9.17) is 4.74 Å². The molecule has 110 valence electrons. The summed E-state index contributed by atoms with van der Waals surface area (Å²) in [5, 5.41) is 9.32. The molecule has 0 bridgehead atoms. The topological polar surface area (TPSA) is 46.5 Å². The fourth-order valence-corrected chi connectivity index (χ4v) is 2.16. The fourth-order valence-electron chi connectivity index (χ4n) is 2.16. The first-order valence-electron chi connectivity index (χ1n) is 6.32. The number of hydrogen-bond donors (Lipinski definition) is 1. The molecule has 0 radical (unpaired) electrons. The maximum Gasteiger partial charge on any atom is 0.311 e. The summed E-state index contributed by atoms with van der Waals surface area (Å²) in [6.45, 7) is 0. The van der Waals surface area contributed by atoms with Crippen molar-refractivity contribution < 1.29 is 23.4 Å². The van der Waals surface area contributed by atoms with Crippen molar-refractivity contribution in [2.24, 2.45) is 0 Å². The lowest BCUT2D eigenvalue weighted by atomic mass is 9.91. The highest BCUT2D eigenvalue weighted by molar-refractivity contribution is 5.76. The van der Waals surface area contributed by atoms with E-state index in [9.17, 15) is 18.7 Å². The van der Waals surface area contributed by atoms with Gasteiger partial charge >= 0.3 is 5.97 Å². The third-order valence-corrected chi connectivity index (χ3v) is 3.24. The highest BCUT2D eigenvalue weighted by Crippen LogP contribution is 2.27. The van der Waals surface area contributed by atoms with Crippen LogP contribution in [0.4, 0.5) is 8.78 Å². The zero-order valence-electron chi connectivity index (χ0n) is 11.3. The maximum atomic E-state index is 14.1. The number of halogens is 2. The van der Waals surface area contributed by atoms with Crippen molar-refractivity contribution in [1.82, 2.24) is 0 Å². The van der Waals surface area contributed by atoms with Gasteiger partial charge in [0.25, 0.3) is 0 Å². The first-order valence-corrected chi connectivity index (χ1v) is 6.32. The number of aliphatic carboxylic acids is 1. The Labute approximate surface area is 120 Å². The highest BCUT2D eigenvalue weighted by Gasteiger charge is 2.23. The summed E-state index contributed by atoms with van der Waals surface area (Å²) < 4.78 is 32.2. The number of carboxylic acid groups (broad SMARTS) is 1. The van der Waals surface area contributed by atoms with Crippen LogP contribution in [0.2, 0.25) is 0 Å². The Morgan fingerprint density at radius 2 is 1.95 bits per heavy atom. The summed E-state index contributed by atoms with van der Waals surface area (Å²) >= 11 is 0. The van der Waals surface area contributed by atoms with Crippen LogP contribution in [0.1, 0.15) is 17.0 Å². The second kappa shape index (κ2) is 6.35. The van der Waals surface area contributed by atoms with Crippen molar-refractivity contribution in [3.8, 4) is 5.75 Å². The van der Waals surface area contributed by atoms with Crippen LogP contribution in [0.3, 0.4) is 0 Å². The summed E-state index contributed by atoms with van der Waals surface area (Å²) in [4.78, 5) is 11.4. The standard InChI is InChI=1S/C16H14F2O3/c1-21-14-7-3-5-11(15(14)18)9-13(16(19)20)10-4-2-6-12(17)8-10/h2-8,13H,9H2,1H3,(H,19,20). The van der Waals surface area contributed by atoms with E-state index in [0.29, 0.717) is 5.56 Å². The molecule has 1 atom stereocenters. The van der Waals surface area contributed by atoms with Crippen LogP contribution >= 0.6 is 0 Å². The zero-order chi connectivity index (χ0) is 15.4. The van der Waals surface area contributed by atoms with Gasteiger partial charge in [-0.1, -0.05) is 24.3 Å². The molecule has 0 aliphatic rings. The molecule has 0 fully saturated rings. The lowest BCUT2D eigenvalue weighted by Gasteiger charge is -2.14. The molecule has 2 aromatic carbocycles. The SMILES string of the molecule is COc1cccc(CC(C(=O)O)c2cccc(F)c2)c1F. The van der Waals surface area contributed by atoms with Crippen LogP contribution in [0.25, 0.3) is 0 Å². The normalized spacial score (nSPS) is 12.0. The number of carbonyl (C=O) groups is 1. The van der Waals surface area contributed by atoms with Gasteiger partial charge in [-0.05, 0) is 35.7 Å². The van der Waals surface area contributed by atoms with E-state index in [1.54, 1.807) is 6.07 Å². The number of benzene rings is 2. The molecule has 2 rings (SSSR count). The average molecular weight is 292 g/mol. The number of carboxylic acids is 1. The van der Waals surface area contributed by atoms with E-state index >= 15 is 0 Å². The van der Waals surface area contributed by atoms with E-state index in [2.05, 4.69) is 0 Å². The molecule has 0 spiro atoms. The van der Waals surface area contributed by atoms with Crippen LogP contribution < -0.4 is 4.74 Å². The van der Waals surface area contributed by atoms with Crippen molar-refractivity contribution in [3.05, 3.63) is 65.2 Å². The quantitative estimate of drug-likeness (QED) is 0.919. The highest BCUT2D eigenvalue weighted by atomic mass is 19.1. The van der Waals surface area contributed by atoms with Gasteiger partial charge in [0.05, 0.1) is 13.0 Å². The number of ether oxygens (including phenoxy) is 1. The third-order valence-electron chi connectivity index (χ3n) is 3.24. The van der Waals surface area contributed by atoms with Crippen LogP contribution in [0.15, 0.2) is 42.5 Å². The molecular formula is C16H14F2O3. The molecule has 0 saturated carbocycles. The monoisotopic (exact) mass is 292 g/mol. The molecule has 21 heavy (non-hydrogen) atoms. The predicted molar refractivity (Wildman–Crippen MR) is 73.4 cm³/mol. The minimum Gasteiger partial charge on any atom is -0.494 e. The van der Waals surface area contributed by atoms with Crippen LogP contribution in [0.5, 0.6) is 5.75 Å². The molecule has 0 heterocycles. The first kappa shape index (κ1) is 15.0. The third kappa shape index (κ3) is 3.37. The van der Waals surface area contributed by atoms with E-state index in [0.717, 1.165) is 6.07 Å². The molecule has 0 saturated heterocycles. The van der Waals surface area contributed by atoms with E-state index in [1.807, 2.05) is 0 Å². The van der Waals surface area contributed by atoms with Gasteiger partial charge < -0.3 is 9.84 Å². The van der Waals surface area contributed by atoms with Crippen LogP contribution in [-0.2, 0) is 11.2 Å². The molecule has 0 amide bonds. The summed E-state index contributed by atoms with van der Waals surface area (Å²) in [6, 6.07) is 9.86. The second-order valence-corrected chi connectivity index (χ2v) is 4.58. The molecule has 2 aromatic rings. The van der Waals surface area contributed by atoms with Gasteiger partial charge in [0.2, 0.25) is 0 Å². The van der Waals surface area contributed by atoms with Crippen molar-refractivity contribution in [2.75, 3.05) is 7.11 Å². The largest absolute Gasteiger partial charge is 0.494 e. The Bertz CT molecular complexity index is 656. The van der Waals surface area contributed by atoms with Gasteiger partial charge in [-0.3, -0.25) is 4.79 Å². The van der Waals surface area contributed by atoms with Crippen molar-refractivity contribution >= 4 is 5.97 Å². The molecule has 0 aliphatic heterocycles. The molecular weight excluding hydrogens is 278 g/mol. The van der Waals surface area contributed by atoms with Gasteiger partial charge in [0.15, 0.2) is 11.6 Å². The van der Waals surface area contributed by atoms with Crippen molar-refractivity contribution in [2.45, 2.75) is 12.3 Å². The maximum absolute atomic E-state index is 14.1. The Balaban J connectivity index is 2.36. The minimum atomic E-state index is -1.14. The Morgan fingerprint density at radius 1 is 1.24 bits per heavy atom. The molecule has 3 nitrogen and oxygen atoms in total. The summed E-state index contributed by atoms with van der Waals surface area (Å²) in [5.74, 6) is -3.23. The van der Waals surface area contributed by atoms with Crippen LogP contribution in [0, 0.1) is 11.6 Å². The Morgan fingerprint density at radius 3 is 2.57 bits per heavy atom. The van der Waals surface area contributed by atoms with Crippen LogP contribution in [-0.4, -0.2) is 18.2 Å². The first-order chi connectivity index (χ1) is 10.0. The molecule has 1 unspecified atom stereocenters. The van der Waals surface area contributed by atoms with E-state index in [1.165, 1.54) is 37.4 Å². The summed E-state index contributed by atoms with van der Waals surface area (Å²) in [7, 11) is 1.34. The Kier molecular flexibility index (Phi) is 4.52. The minimum absolute atomic E-state index is 0.0517. The smallest absolute Gasteiger partial charge is 0.311 e. The number of methoxy groups -OCH3 is 1. The van der Waals surface area contributed by atoms with Gasteiger partial charge in [0, 0.05) is 0 Å². The molecule has 0 aliphatic carbocycles. The van der Waals surface area contributed by atoms with E-state index in [-0.39, 0.29) is 17.7 Å². The summed E-state index contributed by atoms with van der Waals surface area (Å²) in [5.41, 5.74) is 0.510. The number of hydrogen-bond acceptors (Lipinski definition) is 2. The zero-order valence-corrected chi connectivity index (χ0v) is 11.3. The predicted octanol–water partition coefficient (Wildman–Crippen LogP) is 3.38. The number of rotatable bonds is 5. The second-order valence-electron chi connectivity index (χ2n) is 4.58. The molecule has 5 heteroatoms. The average Bonchev–Trinajstić information content (AvgIpc) is 2.45. The molecule has 0 aromatic heterocycles. The van der Waals surface area contributed by atoms with Crippen molar-refractivity contribution in [3.63, 3.8) is 0 Å². The van der Waals surface area contributed by atoms with Crippen molar-refractivity contribution in [1.29, 1.82) is 0 Å². The fraction of sp³-hybridized carbons (Fsp3) is 0.188. The van der Waals surface area contributed by atoms with Gasteiger partial charge in [-0.2, -0.15) is 0 Å². The van der Waals surface area contributed by atoms with Gasteiger partial charge in [-0.25, -0.2) is 8.78 Å². The lowest BCUT2D eigenvalue weighted by Crippen LogP contribution is -2.15. The van der Waals surface area contributed by atoms with E-state index < -0.39 is 23.5 Å². The molecule has 1 N–H and O–H groups in total. The van der Waals surface area contributed by atoms with Gasteiger partial charge in [0.1, 0.15) is 5.82 Å². The lowest BCUT2D eigenvalue weighted by molar-refractivity contribution is -0.138. The summed E-state index contributed by atoms with van der Waals surface area (Å²) in [6.07, 6.45) is -0.0815. The van der Waals surface area contributed by atoms with Gasteiger partial charge in [-0.15, -0.1) is 0 Å². The Hall–Kier alpha value is -2.43.